The summed E-state index contributed by atoms with van der Waals surface area (Å²) in [6.07, 6.45) is 3.89. The van der Waals surface area contributed by atoms with Crippen LogP contribution in [0.2, 0.25) is 0 Å². The number of furan rings is 1. The summed E-state index contributed by atoms with van der Waals surface area (Å²) >= 11 is 0. The van der Waals surface area contributed by atoms with E-state index >= 15 is 0 Å². The molecule has 0 saturated heterocycles. The van der Waals surface area contributed by atoms with E-state index < -0.39 is 0 Å². The molecule has 1 saturated carbocycles. The van der Waals surface area contributed by atoms with Gasteiger partial charge in [-0.3, -0.25) is 0 Å². The largest absolute Gasteiger partial charge is 0.461 e. The average molecular weight is 271 g/mol. The second-order valence-electron chi connectivity index (χ2n) is 4.95. The fourth-order valence-corrected chi connectivity index (χ4v) is 2.30. The summed E-state index contributed by atoms with van der Waals surface area (Å²) in [6, 6.07) is 5.47. The number of rotatable bonds is 4. The predicted molar refractivity (Wildman–Crippen MR) is 69.7 cm³/mol. The highest BCUT2D eigenvalue weighted by Crippen LogP contribution is 2.42. The van der Waals surface area contributed by atoms with Crippen molar-refractivity contribution in [3.05, 3.63) is 35.9 Å². The second-order valence-corrected chi connectivity index (χ2v) is 4.95. The molecule has 3 aromatic heterocycles. The van der Waals surface area contributed by atoms with Gasteiger partial charge in [-0.15, -0.1) is 5.10 Å². The van der Waals surface area contributed by atoms with Gasteiger partial charge in [-0.1, -0.05) is 10.4 Å². The number of nitrogens with two attached hydrogens (primary N) is 1. The Morgan fingerprint density at radius 3 is 3.00 bits per heavy atom. The van der Waals surface area contributed by atoms with E-state index in [1.54, 1.807) is 17.0 Å². The molecule has 3 aromatic rings. The van der Waals surface area contributed by atoms with E-state index in [9.17, 15) is 0 Å². The molecule has 1 aliphatic rings. The molecule has 7 nitrogen and oxygen atoms in total. The van der Waals surface area contributed by atoms with Gasteiger partial charge in [0.25, 0.3) is 0 Å². The molecular weight excluding hydrogens is 258 g/mol. The van der Waals surface area contributed by atoms with Crippen molar-refractivity contribution in [2.24, 2.45) is 0 Å². The summed E-state index contributed by atoms with van der Waals surface area (Å²) in [5.74, 6) is 2.26. The van der Waals surface area contributed by atoms with Crippen LogP contribution in [0, 0.1) is 0 Å². The highest BCUT2D eigenvalue weighted by atomic mass is 16.5. The summed E-state index contributed by atoms with van der Waals surface area (Å²) in [7, 11) is 0. The second kappa shape index (κ2) is 4.22. The van der Waals surface area contributed by atoms with Crippen LogP contribution in [-0.4, -0.2) is 20.2 Å². The Labute approximate surface area is 114 Å². The molecule has 102 valence electrons. The van der Waals surface area contributed by atoms with E-state index in [4.69, 9.17) is 14.7 Å². The molecule has 20 heavy (non-hydrogen) atoms. The molecule has 0 unspecified atom stereocenters. The van der Waals surface area contributed by atoms with Gasteiger partial charge in [0.05, 0.1) is 18.5 Å². The lowest BCUT2D eigenvalue weighted by atomic mass is 10.2. The highest BCUT2D eigenvalue weighted by Gasteiger charge is 2.30. The highest BCUT2D eigenvalue weighted by molar-refractivity contribution is 5.49. The summed E-state index contributed by atoms with van der Waals surface area (Å²) in [4.78, 5) is 0. The molecule has 3 heterocycles. The van der Waals surface area contributed by atoms with E-state index in [0.717, 1.165) is 24.2 Å². The van der Waals surface area contributed by atoms with Crippen molar-refractivity contribution in [3.63, 3.8) is 0 Å². The normalized spacial score (nSPS) is 14.8. The maximum atomic E-state index is 5.87. The molecule has 0 radical (unpaired) electrons. The van der Waals surface area contributed by atoms with Crippen LogP contribution in [-0.2, 0) is 6.54 Å². The maximum absolute atomic E-state index is 5.87. The minimum Gasteiger partial charge on any atom is -0.461 e. The van der Waals surface area contributed by atoms with Crippen molar-refractivity contribution in [2.75, 3.05) is 5.73 Å². The minimum atomic E-state index is 0.487. The molecule has 0 spiro atoms. The third-order valence-corrected chi connectivity index (χ3v) is 3.40. The summed E-state index contributed by atoms with van der Waals surface area (Å²) in [5, 5.41) is 12.1. The number of aromatic nitrogens is 4. The fraction of sp³-hybridized carbons (Fsp3) is 0.308. The van der Waals surface area contributed by atoms with Gasteiger partial charge in [-0.05, 0) is 25.0 Å². The molecule has 0 aromatic carbocycles. The molecule has 4 rings (SSSR count). The lowest BCUT2D eigenvalue weighted by Crippen LogP contribution is -2.06. The van der Waals surface area contributed by atoms with Gasteiger partial charge in [0.15, 0.2) is 11.6 Å². The van der Waals surface area contributed by atoms with Crippen LogP contribution in [0.5, 0.6) is 0 Å². The molecule has 0 aliphatic heterocycles. The lowest BCUT2D eigenvalue weighted by Gasteiger charge is -2.02. The van der Waals surface area contributed by atoms with Crippen LogP contribution in [0.3, 0.4) is 0 Å². The molecule has 0 amide bonds. The fourth-order valence-electron chi connectivity index (χ4n) is 2.30. The number of nitrogens with zero attached hydrogens (tertiary/aromatic N) is 4. The van der Waals surface area contributed by atoms with Crippen molar-refractivity contribution < 1.29 is 8.94 Å². The SMILES string of the molecule is Nc1nnn(Cc2cc(-c3ccco3)on2)c1C1CC1. The van der Waals surface area contributed by atoms with E-state index in [2.05, 4.69) is 15.5 Å². The Bertz CT molecular complexity index is 724. The number of anilines is 1. The van der Waals surface area contributed by atoms with Gasteiger partial charge in [-0.2, -0.15) is 0 Å². The van der Waals surface area contributed by atoms with Crippen LogP contribution in [0.1, 0.15) is 30.1 Å². The van der Waals surface area contributed by atoms with Crippen molar-refractivity contribution >= 4 is 5.82 Å². The van der Waals surface area contributed by atoms with Crippen LogP contribution in [0.15, 0.2) is 33.4 Å². The standard InChI is InChI=1S/C13H13N5O2/c14-13-12(8-3-4-8)18(17-15-13)7-9-6-11(20-16-9)10-2-1-5-19-10/h1-2,5-6,8H,3-4,7,14H2. The van der Waals surface area contributed by atoms with Gasteiger partial charge < -0.3 is 14.7 Å². The van der Waals surface area contributed by atoms with Gasteiger partial charge in [0, 0.05) is 12.0 Å². The molecule has 7 heteroatoms. The van der Waals surface area contributed by atoms with Crippen molar-refractivity contribution in [3.8, 4) is 11.5 Å². The minimum absolute atomic E-state index is 0.487. The van der Waals surface area contributed by atoms with Crippen molar-refractivity contribution in [2.45, 2.75) is 25.3 Å². The van der Waals surface area contributed by atoms with Crippen LogP contribution in [0.4, 0.5) is 5.82 Å². The number of hydrogen-bond acceptors (Lipinski definition) is 6. The molecule has 0 atom stereocenters. The Morgan fingerprint density at radius 2 is 2.25 bits per heavy atom. The lowest BCUT2D eigenvalue weighted by molar-refractivity contribution is 0.406. The molecular formula is C13H13N5O2. The third-order valence-electron chi connectivity index (χ3n) is 3.40. The first-order chi connectivity index (χ1) is 9.81. The van der Waals surface area contributed by atoms with Gasteiger partial charge in [-0.25, -0.2) is 4.68 Å². The zero-order chi connectivity index (χ0) is 13.5. The van der Waals surface area contributed by atoms with Crippen LogP contribution in [0.25, 0.3) is 11.5 Å². The Hall–Kier alpha value is -2.57. The summed E-state index contributed by atoms with van der Waals surface area (Å²) in [6.45, 7) is 0.500. The molecule has 0 bridgehead atoms. The Kier molecular flexibility index (Phi) is 2.38. The quantitative estimate of drug-likeness (QED) is 0.780. The third kappa shape index (κ3) is 1.87. The van der Waals surface area contributed by atoms with Gasteiger partial charge in [0.2, 0.25) is 5.76 Å². The maximum Gasteiger partial charge on any atom is 0.202 e. The van der Waals surface area contributed by atoms with E-state index in [0.29, 0.717) is 29.8 Å². The van der Waals surface area contributed by atoms with Gasteiger partial charge >= 0.3 is 0 Å². The first kappa shape index (κ1) is 11.3. The average Bonchev–Trinajstić information content (AvgIpc) is 2.88. The Balaban J connectivity index is 1.60. The van der Waals surface area contributed by atoms with E-state index in [1.165, 1.54) is 0 Å². The van der Waals surface area contributed by atoms with Crippen molar-refractivity contribution in [1.82, 2.24) is 20.2 Å². The molecule has 1 aliphatic carbocycles. The summed E-state index contributed by atoms with van der Waals surface area (Å²) in [5.41, 5.74) is 7.64. The smallest absolute Gasteiger partial charge is 0.202 e. The van der Waals surface area contributed by atoms with E-state index in [1.807, 2.05) is 12.1 Å². The predicted octanol–water partition coefficient (Wildman–Crippen LogP) is 2.03. The molecule has 1 fully saturated rings. The Morgan fingerprint density at radius 1 is 1.35 bits per heavy atom. The number of nitrogen functional groups attached to an aromatic ring is 1. The zero-order valence-corrected chi connectivity index (χ0v) is 10.7. The van der Waals surface area contributed by atoms with Crippen LogP contribution >= 0.6 is 0 Å². The zero-order valence-electron chi connectivity index (χ0n) is 10.7. The first-order valence-corrected chi connectivity index (χ1v) is 6.49. The topological polar surface area (TPSA) is 95.9 Å². The van der Waals surface area contributed by atoms with E-state index in [-0.39, 0.29) is 0 Å². The monoisotopic (exact) mass is 271 g/mol. The van der Waals surface area contributed by atoms with Crippen LogP contribution < -0.4 is 5.73 Å². The van der Waals surface area contributed by atoms with Crippen molar-refractivity contribution in [1.29, 1.82) is 0 Å². The molecule has 2 N–H and O–H groups in total. The summed E-state index contributed by atoms with van der Waals surface area (Å²) < 4.78 is 12.3. The first-order valence-electron chi connectivity index (χ1n) is 6.49. The number of hydrogen-bond donors (Lipinski definition) is 1. The van der Waals surface area contributed by atoms with Gasteiger partial charge in [0.1, 0.15) is 5.69 Å².